The Morgan fingerprint density at radius 3 is 1.83 bits per heavy atom. The van der Waals surface area contributed by atoms with Gasteiger partial charge in [0.15, 0.2) is 0 Å². The van der Waals surface area contributed by atoms with E-state index in [1.165, 1.54) is 12.8 Å². The molecule has 24 heavy (non-hydrogen) atoms. The number of carbonyl (C=O) groups is 1. The van der Waals surface area contributed by atoms with Gasteiger partial charge in [-0.05, 0) is 31.1 Å². The van der Waals surface area contributed by atoms with Crippen molar-refractivity contribution in [3.05, 3.63) is 0 Å². The molecule has 2 rings (SSSR count). The Balaban J connectivity index is 0. The van der Waals surface area contributed by atoms with Crippen molar-refractivity contribution in [2.24, 2.45) is 11.3 Å². The Bertz CT molecular complexity index is 271. The standard InChI is InChI=1S/C9H18N2O2.C7H14.2C2H6/c1-2-13-8-7-10-3-5-11(9-12)6-4-10;1-6(2)7(3)4-5-7;2*1-2/h9H,2-8H2,1H3;6H,4-5H2,1-3H3;2*1-2H3. The van der Waals surface area contributed by atoms with Crippen LogP contribution in [0.2, 0.25) is 0 Å². The fraction of sp³-hybridized carbons (Fsp3) is 0.950. The van der Waals surface area contributed by atoms with Crippen molar-refractivity contribution in [3.63, 3.8) is 0 Å². The second-order valence-electron chi connectivity index (χ2n) is 6.49. The van der Waals surface area contributed by atoms with Crippen molar-refractivity contribution in [1.82, 2.24) is 9.80 Å². The van der Waals surface area contributed by atoms with Gasteiger partial charge in [0.2, 0.25) is 6.41 Å². The third-order valence-corrected chi connectivity index (χ3v) is 4.74. The Morgan fingerprint density at radius 2 is 1.54 bits per heavy atom. The lowest BCUT2D eigenvalue weighted by Gasteiger charge is -2.32. The SMILES string of the molecule is CC.CC.CC(C)C1(C)CC1.CCOCCN1CCN(C=O)CC1. The van der Waals surface area contributed by atoms with Crippen molar-refractivity contribution >= 4 is 6.41 Å². The number of rotatable bonds is 6. The lowest BCUT2D eigenvalue weighted by Crippen LogP contribution is -2.46. The summed E-state index contributed by atoms with van der Waals surface area (Å²) in [6, 6.07) is 0. The van der Waals surface area contributed by atoms with Gasteiger partial charge >= 0.3 is 0 Å². The topological polar surface area (TPSA) is 32.8 Å². The van der Waals surface area contributed by atoms with Gasteiger partial charge in [-0.1, -0.05) is 48.5 Å². The molecule has 4 heteroatoms. The largest absolute Gasteiger partial charge is 0.380 e. The van der Waals surface area contributed by atoms with Crippen LogP contribution in [0.3, 0.4) is 0 Å². The smallest absolute Gasteiger partial charge is 0.209 e. The zero-order valence-electron chi connectivity index (χ0n) is 17.7. The molecule has 1 aliphatic carbocycles. The quantitative estimate of drug-likeness (QED) is 0.532. The van der Waals surface area contributed by atoms with E-state index in [1.54, 1.807) is 0 Å². The first kappa shape index (κ1) is 25.6. The molecule has 1 heterocycles. The third kappa shape index (κ3) is 11.9. The summed E-state index contributed by atoms with van der Waals surface area (Å²) >= 11 is 0. The number of amides is 1. The molecule has 0 bridgehead atoms. The Labute approximate surface area is 151 Å². The Morgan fingerprint density at radius 1 is 1.04 bits per heavy atom. The lowest BCUT2D eigenvalue weighted by atomic mass is 9.95. The molecule has 0 radical (unpaired) electrons. The van der Waals surface area contributed by atoms with Crippen LogP contribution in [-0.2, 0) is 9.53 Å². The van der Waals surface area contributed by atoms with Gasteiger partial charge in [-0.25, -0.2) is 0 Å². The molecule has 0 atom stereocenters. The zero-order chi connectivity index (χ0) is 19.0. The first-order chi connectivity index (χ1) is 11.5. The van der Waals surface area contributed by atoms with Crippen LogP contribution in [0.15, 0.2) is 0 Å². The number of hydrogen-bond donors (Lipinski definition) is 0. The maximum absolute atomic E-state index is 10.4. The molecule has 0 spiro atoms. The van der Waals surface area contributed by atoms with Crippen molar-refractivity contribution < 1.29 is 9.53 Å². The van der Waals surface area contributed by atoms with Gasteiger partial charge in [0.1, 0.15) is 0 Å². The molecule has 1 saturated heterocycles. The minimum atomic E-state index is 0.750. The van der Waals surface area contributed by atoms with E-state index in [0.29, 0.717) is 0 Å². The van der Waals surface area contributed by atoms with E-state index in [-0.39, 0.29) is 0 Å². The van der Waals surface area contributed by atoms with Gasteiger partial charge in [-0.15, -0.1) is 0 Å². The molecule has 0 unspecified atom stereocenters. The van der Waals surface area contributed by atoms with Gasteiger partial charge in [-0.3, -0.25) is 9.69 Å². The highest BCUT2D eigenvalue weighted by Gasteiger charge is 2.39. The molecular weight excluding hydrogens is 300 g/mol. The van der Waals surface area contributed by atoms with E-state index < -0.39 is 0 Å². The van der Waals surface area contributed by atoms with Crippen LogP contribution in [0.25, 0.3) is 0 Å². The summed E-state index contributed by atoms with van der Waals surface area (Å²) in [5.41, 5.74) is 0.750. The molecule has 1 aliphatic heterocycles. The van der Waals surface area contributed by atoms with Crippen LogP contribution < -0.4 is 0 Å². The van der Waals surface area contributed by atoms with Gasteiger partial charge in [0, 0.05) is 39.3 Å². The minimum Gasteiger partial charge on any atom is -0.380 e. The maximum atomic E-state index is 10.4. The van der Waals surface area contributed by atoms with Crippen molar-refractivity contribution in [2.75, 3.05) is 45.9 Å². The first-order valence-corrected chi connectivity index (χ1v) is 10.0. The molecule has 4 nitrogen and oxygen atoms in total. The van der Waals surface area contributed by atoms with Crippen LogP contribution >= 0.6 is 0 Å². The molecule has 2 fully saturated rings. The molecule has 0 aromatic carbocycles. The van der Waals surface area contributed by atoms with E-state index in [0.717, 1.165) is 63.7 Å². The van der Waals surface area contributed by atoms with E-state index >= 15 is 0 Å². The highest BCUT2D eigenvalue weighted by atomic mass is 16.5. The molecule has 0 aromatic heterocycles. The summed E-state index contributed by atoms with van der Waals surface area (Å²) in [4.78, 5) is 14.6. The second-order valence-corrected chi connectivity index (χ2v) is 6.49. The van der Waals surface area contributed by atoms with Gasteiger partial charge in [0.05, 0.1) is 6.61 Å². The highest BCUT2D eigenvalue weighted by molar-refractivity contribution is 5.47. The molecule has 1 saturated carbocycles. The first-order valence-electron chi connectivity index (χ1n) is 10.0. The number of ether oxygens (including phenoxy) is 1. The van der Waals surface area contributed by atoms with Crippen LogP contribution in [0.1, 0.15) is 68.2 Å². The number of nitrogens with zero attached hydrogens (tertiary/aromatic N) is 2. The average molecular weight is 345 g/mol. The number of piperazine rings is 1. The van der Waals surface area contributed by atoms with Crippen LogP contribution in [-0.4, -0.2) is 62.1 Å². The third-order valence-electron chi connectivity index (χ3n) is 4.74. The monoisotopic (exact) mass is 344 g/mol. The van der Waals surface area contributed by atoms with Crippen molar-refractivity contribution in [2.45, 2.75) is 68.2 Å². The fourth-order valence-electron chi connectivity index (χ4n) is 2.20. The number of carbonyl (C=O) groups excluding carboxylic acids is 1. The zero-order valence-corrected chi connectivity index (χ0v) is 17.7. The maximum Gasteiger partial charge on any atom is 0.209 e. The predicted octanol–water partition coefficient (Wildman–Crippen LogP) is 4.29. The molecule has 146 valence electrons. The fourth-order valence-corrected chi connectivity index (χ4v) is 2.20. The molecule has 2 aliphatic rings. The molecule has 0 N–H and O–H groups in total. The van der Waals surface area contributed by atoms with E-state index in [9.17, 15) is 4.79 Å². The summed E-state index contributed by atoms with van der Waals surface area (Å²) < 4.78 is 5.26. The lowest BCUT2D eigenvalue weighted by molar-refractivity contribution is -0.119. The van der Waals surface area contributed by atoms with E-state index in [2.05, 4.69) is 25.7 Å². The van der Waals surface area contributed by atoms with Crippen molar-refractivity contribution in [3.8, 4) is 0 Å². The summed E-state index contributed by atoms with van der Waals surface area (Å²) in [5, 5.41) is 0. The van der Waals surface area contributed by atoms with Crippen LogP contribution in [0.4, 0.5) is 0 Å². The van der Waals surface area contributed by atoms with Gasteiger partial charge in [-0.2, -0.15) is 0 Å². The van der Waals surface area contributed by atoms with E-state index in [4.69, 9.17) is 4.74 Å². The summed E-state index contributed by atoms with van der Waals surface area (Å²) in [5.74, 6) is 0.910. The van der Waals surface area contributed by atoms with Crippen molar-refractivity contribution in [1.29, 1.82) is 0 Å². The second kappa shape index (κ2) is 15.9. The Hall–Kier alpha value is -0.610. The average Bonchev–Trinajstić information content (AvgIpc) is 3.39. The number of hydrogen-bond acceptors (Lipinski definition) is 3. The molecule has 1 amide bonds. The van der Waals surface area contributed by atoms with Gasteiger partial charge < -0.3 is 9.64 Å². The normalized spacial score (nSPS) is 18.3. The molecular formula is C20H44N2O2. The Kier molecular flexibility index (Phi) is 17.0. The van der Waals surface area contributed by atoms with Gasteiger partial charge in [0.25, 0.3) is 0 Å². The highest BCUT2D eigenvalue weighted by Crippen LogP contribution is 2.50. The van der Waals surface area contributed by atoms with E-state index in [1.807, 2.05) is 39.5 Å². The van der Waals surface area contributed by atoms with Crippen LogP contribution in [0, 0.1) is 11.3 Å². The minimum absolute atomic E-state index is 0.750. The summed E-state index contributed by atoms with van der Waals surface area (Å²) in [7, 11) is 0. The molecule has 0 aromatic rings. The predicted molar refractivity (Wildman–Crippen MR) is 105 cm³/mol. The summed E-state index contributed by atoms with van der Waals surface area (Å²) in [6.45, 7) is 23.2. The van der Waals surface area contributed by atoms with Crippen LogP contribution in [0.5, 0.6) is 0 Å². The summed E-state index contributed by atoms with van der Waals surface area (Å²) in [6.07, 6.45) is 3.86.